The van der Waals surface area contributed by atoms with E-state index in [1.807, 2.05) is 25.2 Å². The number of nitrogens with one attached hydrogen (secondary N) is 1. The zero-order chi connectivity index (χ0) is 13.4. The second kappa shape index (κ2) is 7.95. The minimum Gasteiger partial charge on any atom is -0.497 e. The third-order valence-corrected chi connectivity index (χ3v) is 2.87. The van der Waals surface area contributed by atoms with Crippen LogP contribution in [-0.4, -0.2) is 34.5 Å². The maximum atomic E-state index is 5.80. The molecule has 1 unspecified atom stereocenters. The van der Waals surface area contributed by atoms with Crippen LogP contribution in [0.15, 0.2) is 18.2 Å². The fourth-order valence-electron chi connectivity index (χ4n) is 1.67. The summed E-state index contributed by atoms with van der Waals surface area (Å²) >= 11 is 0. The molecule has 0 saturated heterocycles. The number of ether oxygens (including phenoxy) is 3. The Hall–Kier alpha value is -1.26. The second-order valence-electron chi connectivity index (χ2n) is 4.11. The van der Waals surface area contributed by atoms with Gasteiger partial charge in [-0.1, -0.05) is 6.07 Å². The van der Waals surface area contributed by atoms with E-state index in [0.717, 1.165) is 23.5 Å². The molecule has 0 aliphatic heterocycles. The lowest BCUT2D eigenvalue weighted by Crippen LogP contribution is -2.14. The van der Waals surface area contributed by atoms with Crippen LogP contribution in [0.3, 0.4) is 0 Å². The van der Waals surface area contributed by atoms with E-state index in [1.54, 1.807) is 14.2 Å². The van der Waals surface area contributed by atoms with Crippen molar-refractivity contribution in [2.24, 2.45) is 0 Å². The minimum absolute atomic E-state index is 0.244. The Balaban J connectivity index is 2.76. The number of methoxy groups -OCH3 is 2. The summed E-state index contributed by atoms with van der Waals surface area (Å²) in [6, 6.07) is 6.15. The first-order chi connectivity index (χ1) is 8.72. The monoisotopic (exact) mass is 253 g/mol. The lowest BCUT2D eigenvalue weighted by Gasteiger charge is -2.17. The molecule has 0 spiro atoms. The molecule has 0 heterocycles. The van der Waals surface area contributed by atoms with Crippen LogP contribution in [0.4, 0.5) is 0 Å². The van der Waals surface area contributed by atoms with Crippen molar-refractivity contribution in [1.29, 1.82) is 0 Å². The van der Waals surface area contributed by atoms with E-state index in [4.69, 9.17) is 14.2 Å². The van der Waals surface area contributed by atoms with Gasteiger partial charge in [-0.2, -0.15) is 0 Å². The van der Waals surface area contributed by atoms with Crippen molar-refractivity contribution in [2.75, 3.05) is 34.5 Å². The molecule has 0 aromatic heterocycles. The zero-order valence-corrected chi connectivity index (χ0v) is 11.7. The van der Waals surface area contributed by atoms with Crippen LogP contribution in [0.2, 0.25) is 0 Å². The normalized spacial score (nSPS) is 12.2. The molecule has 0 fully saturated rings. The Morgan fingerprint density at radius 2 is 2.00 bits per heavy atom. The quantitative estimate of drug-likeness (QED) is 0.722. The van der Waals surface area contributed by atoms with Gasteiger partial charge in [0.15, 0.2) is 0 Å². The molecule has 1 aromatic carbocycles. The molecule has 102 valence electrons. The van der Waals surface area contributed by atoms with Gasteiger partial charge in [-0.3, -0.25) is 0 Å². The summed E-state index contributed by atoms with van der Waals surface area (Å²) in [7, 11) is 5.29. The Labute approximate surface area is 109 Å². The van der Waals surface area contributed by atoms with E-state index in [1.165, 1.54) is 0 Å². The van der Waals surface area contributed by atoms with E-state index in [9.17, 15) is 0 Å². The van der Waals surface area contributed by atoms with Crippen LogP contribution in [0, 0.1) is 0 Å². The fourth-order valence-corrected chi connectivity index (χ4v) is 1.67. The van der Waals surface area contributed by atoms with E-state index in [-0.39, 0.29) is 6.04 Å². The molecule has 4 nitrogen and oxygen atoms in total. The van der Waals surface area contributed by atoms with Gasteiger partial charge in [0.2, 0.25) is 0 Å². The molecule has 0 bridgehead atoms. The van der Waals surface area contributed by atoms with Crippen molar-refractivity contribution >= 4 is 0 Å². The topological polar surface area (TPSA) is 39.7 Å². The molecular formula is C14H23NO3. The highest BCUT2D eigenvalue weighted by Gasteiger charge is 2.11. The Morgan fingerprint density at radius 1 is 1.22 bits per heavy atom. The van der Waals surface area contributed by atoms with Gasteiger partial charge in [-0.05, 0) is 20.0 Å². The van der Waals surface area contributed by atoms with E-state index >= 15 is 0 Å². The summed E-state index contributed by atoms with van der Waals surface area (Å²) in [5.74, 6) is 1.68. The Morgan fingerprint density at radius 3 is 2.61 bits per heavy atom. The van der Waals surface area contributed by atoms with Crippen molar-refractivity contribution in [3.8, 4) is 11.5 Å². The van der Waals surface area contributed by atoms with Gasteiger partial charge in [-0.15, -0.1) is 0 Å². The molecule has 0 radical (unpaired) electrons. The third kappa shape index (κ3) is 4.20. The summed E-state index contributed by atoms with van der Waals surface area (Å²) in [4.78, 5) is 0. The molecule has 1 aromatic rings. The summed E-state index contributed by atoms with van der Waals surface area (Å²) in [6.07, 6.45) is 0.876. The number of hydrogen-bond acceptors (Lipinski definition) is 4. The lowest BCUT2D eigenvalue weighted by molar-refractivity contribution is 0.171. The highest BCUT2D eigenvalue weighted by molar-refractivity contribution is 5.42. The Kier molecular flexibility index (Phi) is 6.54. The average Bonchev–Trinajstić information content (AvgIpc) is 2.42. The largest absolute Gasteiger partial charge is 0.497 e. The first-order valence-corrected chi connectivity index (χ1v) is 6.19. The van der Waals surface area contributed by atoms with Gasteiger partial charge in [0.25, 0.3) is 0 Å². The molecule has 0 aliphatic carbocycles. The average molecular weight is 253 g/mol. The fraction of sp³-hybridized carbons (Fsp3) is 0.571. The molecule has 1 rings (SSSR count). The number of rotatable bonds is 8. The predicted molar refractivity (Wildman–Crippen MR) is 72.5 cm³/mol. The number of hydrogen-bond donors (Lipinski definition) is 1. The van der Waals surface area contributed by atoms with E-state index in [2.05, 4.69) is 12.2 Å². The molecule has 0 aliphatic rings. The van der Waals surface area contributed by atoms with Crippen LogP contribution in [0.1, 0.15) is 24.9 Å². The second-order valence-corrected chi connectivity index (χ2v) is 4.11. The zero-order valence-electron chi connectivity index (χ0n) is 11.7. The van der Waals surface area contributed by atoms with Crippen molar-refractivity contribution in [3.63, 3.8) is 0 Å². The highest BCUT2D eigenvalue weighted by atomic mass is 16.5. The number of benzene rings is 1. The first kappa shape index (κ1) is 14.8. The molecule has 0 amide bonds. The molecule has 18 heavy (non-hydrogen) atoms. The molecule has 1 N–H and O–H groups in total. The first-order valence-electron chi connectivity index (χ1n) is 6.19. The van der Waals surface area contributed by atoms with Gasteiger partial charge in [0.1, 0.15) is 11.5 Å². The summed E-state index contributed by atoms with van der Waals surface area (Å²) in [6.45, 7) is 3.45. The molecule has 0 saturated carbocycles. The van der Waals surface area contributed by atoms with Gasteiger partial charge in [-0.25, -0.2) is 0 Å². The van der Waals surface area contributed by atoms with Crippen molar-refractivity contribution in [2.45, 2.75) is 19.4 Å². The Bertz CT molecular complexity index is 355. The van der Waals surface area contributed by atoms with Crippen LogP contribution in [0.25, 0.3) is 0 Å². The summed E-state index contributed by atoms with van der Waals surface area (Å²) < 4.78 is 16.0. The van der Waals surface area contributed by atoms with Crippen molar-refractivity contribution < 1.29 is 14.2 Å². The van der Waals surface area contributed by atoms with Crippen LogP contribution in [-0.2, 0) is 4.74 Å². The standard InChI is InChI=1S/C14H23NO3/c1-11(15-2)13-7-6-12(17-4)10-14(13)18-9-5-8-16-3/h6-7,10-11,15H,5,8-9H2,1-4H3. The van der Waals surface area contributed by atoms with Gasteiger partial charge >= 0.3 is 0 Å². The minimum atomic E-state index is 0.244. The van der Waals surface area contributed by atoms with Crippen LogP contribution >= 0.6 is 0 Å². The highest BCUT2D eigenvalue weighted by Crippen LogP contribution is 2.29. The van der Waals surface area contributed by atoms with Gasteiger partial charge in [0, 0.05) is 37.8 Å². The van der Waals surface area contributed by atoms with E-state index in [0.29, 0.717) is 13.2 Å². The van der Waals surface area contributed by atoms with E-state index < -0.39 is 0 Å². The molecule has 1 atom stereocenters. The predicted octanol–water partition coefficient (Wildman–Crippen LogP) is 2.39. The maximum Gasteiger partial charge on any atom is 0.127 e. The smallest absolute Gasteiger partial charge is 0.127 e. The molecular weight excluding hydrogens is 230 g/mol. The van der Waals surface area contributed by atoms with Crippen LogP contribution < -0.4 is 14.8 Å². The van der Waals surface area contributed by atoms with Gasteiger partial charge < -0.3 is 19.5 Å². The third-order valence-electron chi connectivity index (χ3n) is 2.87. The molecule has 4 heteroatoms. The van der Waals surface area contributed by atoms with Crippen molar-refractivity contribution in [1.82, 2.24) is 5.32 Å². The van der Waals surface area contributed by atoms with Crippen molar-refractivity contribution in [3.05, 3.63) is 23.8 Å². The lowest BCUT2D eigenvalue weighted by atomic mass is 10.1. The SMILES string of the molecule is CNC(C)c1ccc(OC)cc1OCCCOC. The van der Waals surface area contributed by atoms with Gasteiger partial charge in [0.05, 0.1) is 13.7 Å². The van der Waals surface area contributed by atoms with Crippen LogP contribution in [0.5, 0.6) is 11.5 Å². The maximum absolute atomic E-state index is 5.80. The summed E-state index contributed by atoms with van der Waals surface area (Å²) in [5, 5.41) is 3.22. The summed E-state index contributed by atoms with van der Waals surface area (Å²) in [5.41, 5.74) is 1.13.